The Bertz CT molecular complexity index is 772. The van der Waals surface area contributed by atoms with Gasteiger partial charge in [-0.25, -0.2) is 9.07 Å². The zero-order valence-electron chi connectivity index (χ0n) is 17.6. The fourth-order valence-electron chi connectivity index (χ4n) is 2.42. The molecule has 7 heteroatoms. The third kappa shape index (κ3) is 6.81. The van der Waals surface area contributed by atoms with Crippen LogP contribution < -0.4 is 15.4 Å². The minimum absolute atomic E-state index is 0.396. The molecule has 0 unspecified atom stereocenters. The summed E-state index contributed by atoms with van der Waals surface area (Å²) in [4.78, 5) is 6.23. The van der Waals surface area contributed by atoms with E-state index in [0.717, 1.165) is 17.8 Å². The number of ether oxygens (including phenoxy) is 1. The summed E-state index contributed by atoms with van der Waals surface area (Å²) < 4.78 is 20.9. The Hall–Kier alpha value is -2.67. The maximum absolute atomic E-state index is 13.3. The van der Waals surface area contributed by atoms with Gasteiger partial charge in [-0.15, -0.1) is 0 Å². The van der Waals surface area contributed by atoms with Gasteiger partial charge in [0.1, 0.15) is 12.4 Å². The van der Waals surface area contributed by atoms with Crippen LogP contribution >= 0.6 is 0 Å². The molecule has 0 amide bonds. The molecule has 0 aromatic carbocycles. The van der Waals surface area contributed by atoms with Gasteiger partial charge < -0.3 is 15.4 Å². The van der Waals surface area contributed by atoms with Crippen LogP contribution in [0.4, 0.5) is 10.2 Å². The lowest BCUT2D eigenvalue weighted by molar-refractivity contribution is 0.390. The van der Waals surface area contributed by atoms with Crippen LogP contribution in [0.2, 0.25) is 0 Å². The molecule has 28 heavy (non-hydrogen) atoms. The van der Waals surface area contributed by atoms with E-state index in [1.807, 2.05) is 44.1 Å². The number of rotatable bonds is 11. The Morgan fingerprint density at radius 1 is 1.39 bits per heavy atom. The van der Waals surface area contributed by atoms with Gasteiger partial charge in [0, 0.05) is 39.8 Å². The van der Waals surface area contributed by atoms with Gasteiger partial charge in [-0.3, -0.25) is 4.99 Å². The first-order valence-electron chi connectivity index (χ1n) is 9.26. The van der Waals surface area contributed by atoms with Crippen molar-refractivity contribution >= 4 is 11.5 Å². The molecule has 0 aliphatic heterocycles. The topological polar surface area (TPSA) is 68.7 Å². The number of aromatic nitrogens is 2. The SMILES string of the molecule is C=C(\C=C/C(=N\C)C(=C/CC)/C(=C\CF)Oc1cc(N(C)C)nn1C)CCN. The first kappa shape index (κ1) is 23.4. The molecule has 0 spiro atoms. The lowest BCUT2D eigenvalue weighted by atomic mass is 10.0. The van der Waals surface area contributed by atoms with Crippen molar-refractivity contribution in [3.05, 3.63) is 53.9 Å². The molecule has 0 saturated heterocycles. The van der Waals surface area contributed by atoms with Crippen LogP contribution in [0, 0.1) is 0 Å². The fraction of sp³-hybridized carbons (Fsp3) is 0.429. The van der Waals surface area contributed by atoms with E-state index in [0.29, 0.717) is 35.9 Å². The van der Waals surface area contributed by atoms with Crippen LogP contribution in [0.25, 0.3) is 0 Å². The number of allylic oxidation sites excluding steroid dienone is 5. The zero-order valence-corrected chi connectivity index (χ0v) is 17.6. The summed E-state index contributed by atoms with van der Waals surface area (Å²) in [5.41, 5.74) is 7.86. The van der Waals surface area contributed by atoms with Gasteiger partial charge >= 0.3 is 0 Å². The molecule has 0 saturated carbocycles. The Labute approximate surface area is 167 Å². The van der Waals surface area contributed by atoms with Gasteiger partial charge in [0.25, 0.3) is 0 Å². The predicted octanol–water partition coefficient (Wildman–Crippen LogP) is 3.59. The third-order valence-electron chi connectivity index (χ3n) is 3.89. The number of nitrogens with zero attached hydrogens (tertiary/aromatic N) is 4. The van der Waals surface area contributed by atoms with Crippen LogP contribution in [0.5, 0.6) is 5.88 Å². The average Bonchev–Trinajstić information content (AvgIpc) is 3.02. The number of halogens is 1. The highest BCUT2D eigenvalue weighted by Gasteiger charge is 2.16. The average molecular weight is 390 g/mol. The first-order valence-corrected chi connectivity index (χ1v) is 9.26. The van der Waals surface area contributed by atoms with Crippen LogP contribution in [-0.2, 0) is 7.05 Å². The molecule has 2 N–H and O–H groups in total. The predicted molar refractivity (Wildman–Crippen MR) is 116 cm³/mol. The second-order valence-corrected chi connectivity index (χ2v) is 6.35. The highest BCUT2D eigenvalue weighted by molar-refractivity contribution is 6.11. The van der Waals surface area contributed by atoms with Crippen molar-refractivity contribution in [1.82, 2.24) is 9.78 Å². The molecule has 0 aliphatic rings. The van der Waals surface area contributed by atoms with E-state index in [9.17, 15) is 4.39 Å². The molecule has 1 aromatic rings. The number of hydrogen-bond donors (Lipinski definition) is 1. The van der Waals surface area contributed by atoms with E-state index < -0.39 is 6.67 Å². The van der Waals surface area contributed by atoms with Gasteiger partial charge in [0.05, 0.1) is 5.71 Å². The summed E-state index contributed by atoms with van der Waals surface area (Å²) in [6.45, 7) is 5.85. The number of aliphatic imine (C=N–C) groups is 1. The molecule has 0 aliphatic carbocycles. The van der Waals surface area contributed by atoms with E-state index in [1.54, 1.807) is 24.8 Å². The first-order chi connectivity index (χ1) is 13.4. The molecule has 0 radical (unpaired) electrons. The van der Waals surface area contributed by atoms with Gasteiger partial charge in [0.15, 0.2) is 5.82 Å². The minimum atomic E-state index is -0.657. The van der Waals surface area contributed by atoms with Crippen LogP contribution in [-0.4, -0.2) is 49.9 Å². The second-order valence-electron chi connectivity index (χ2n) is 6.35. The van der Waals surface area contributed by atoms with Crippen molar-refractivity contribution in [2.45, 2.75) is 19.8 Å². The van der Waals surface area contributed by atoms with E-state index in [1.165, 1.54) is 6.08 Å². The standard InChI is InChI=1S/C21H32FN5O/c1-7-8-17(18(24-3)10-9-16(2)12-14-23)19(11-13-22)28-21-15-20(26(4)5)25-27(21)6/h8-11,15H,2,7,12-14,23H2,1,3-6H3/b10-9-,17-8-,19-11+,24-18+. The van der Waals surface area contributed by atoms with Gasteiger partial charge in [-0.2, -0.15) is 5.10 Å². The normalized spacial score (nSPS) is 13.3. The smallest absolute Gasteiger partial charge is 0.219 e. The third-order valence-corrected chi connectivity index (χ3v) is 3.89. The number of hydrogen-bond acceptors (Lipinski definition) is 5. The van der Waals surface area contributed by atoms with Crippen LogP contribution in [0.3, 0.4) is 0 Å². The zero-order chi connectivity index (χ0) is 21.1. The molecular formula is C21H32FN5O. The number of aryl methyl sites for hydroxylation is 1. The largest absolute Gasteiger partial charge is 0.439 e. The molecule has 154 valence electrons. The number of anilines is 1. The quantitative estimate of drug-likeness (QED) is 0.357. The molecular weight excluding hydrogens is 357 g/mol. The molecule has 1 heterocycles. The molecule has 0 fully saturated rings. The van der Waals surface area contributed by atoms with Crippen molar-refractivity contribution in [3.8, 4) is 5.88 Å². The Balaban J connectivity index is 3.24. The fourth-order valence-corrected chi connectivity index (χ4v) is 2.42. The summed E-state index contributed by atoms with van der Waals surface area (Å²) in [5, 5.41) is 4.38. The van der Waals surface area contributed by atoms with Crippen molar-refractivity contribution in [2.75, 3.05) is 39.3 Å². The summed E-state index contributed by atoms with van der Waals surface area (Å²) >= 11 is 0. The van der Waals surface area contributed by atoms with Crippen molar-refractivity contribution in [1.29, 1.82) is 0 Å². The number of alkyl halides is 1. The lowest BCUT2D eigenvalue weighted by Gasteiger charge is -2.14. The molecule has 0 bridgehead atoms. The summed E-state index contributed by atoms with van der Waals surface area (Å²) in [5.74, 6) is 1.66. The van der Waals surface area contributed by atoms with E-state index >= 15 is 0 Å². The molecule has 1 rings (SSSR count). The highest BCUT2D eigenvalue weighted by atomic mass is 19.1. The highest BCUT2D eigenvalue weighted by Crippen LogP contribution is 2.24. The summed E-state index contributed by atoms with van der Waals surface area (Å²) in [7, 11) is 7.27. The van der Waals surface area contributed by atoms with Crippen molar-refractivity contribution in [2.24, 2.45) is 17.8 Å². The number of nitrogens with two attached hydrogens (primary N) is 1. The second kappa shape index (κ2) is 11.9. The van der Waals surface area contributed by atoms with Crippen LogP contribution in [0.15, 0.2) is 58.8 Å². The summed E-state index contributed by atoms with van der Waals surface area (Å²) in [6.07, 6.45) is 8.53. The van der Waals surface area contributed by atoms with Gasteiger partial charge in [-0.1, -0.05) is 31.2 Å². The minimum Gasteiger partial charge on any atom is -0.439 e. The van der Waals surface area contributed by atoms with E-state index in [4.69, 9.17) is 10.5 Å². The summed E-state index contributed by atoms with van der Waals surface area (Å²) in [6, 6.07) is 1.80. The van der Waals surface area contributed by atoms with Gasteiger partial charge in [-0.05, 0) is 31.5 Å². The van der Waals surface area contributed by atoms with E-state index in [-0.39, 0.29) is 0 Å². The Kier molecular flexibility index (Phi) is 9.95. The Morgan fingerprint density at radius 2 is 2.11 bits per heavy atom. The monoisotopic (exact) mass is 389 g/mol. The van der Waals surface area contributed by atoms with Crippen molar-refractivity contribution in [3.63, 3.8) is 0 Å². The maximum Gasteiger partial charge on any atom is 0.219 e. The molecule has 6 nitrogen and oxygen atoms in total. The molecule has 1 aromatic heterocycles. The van der Waals surface area contributed by atoms with Crippen LogP contribution in [0.1, 0.15) is 19.8 Å². The Morgan fingerprint density at radius 3 is 2.61 bits per heavy atom. The van der Waals surface area contributed by atoms with Gasteiger partial charge in [0.2, 0.25) is 5.88 Å². The van der Waals surface area contributed by atoms with Crippen molar-refractivity contribution < 1.29 is 9.13 Å². The van der Waals surface area contributed by atoms with E-state index in [2.05, 4.69) is 16.7 Å². The lowest BCUT2D eigenvalue weighted by Crippen LogP contribution is -2.11. The maximum atomic E-state index is 13.3. The molecule has 0 atom stereocenters.